The van der Waals surface area contributed by atoms with Crippen molar-refractivity contribution in [3.05, 3.63) is 29.5 Å². The number of hydrogen-bond donors (Lipinski definition) is 2. The lowest BCUT2D eigenvalue weighted by Gasteiger charge is -2.22. The van der Waals surface area contributed by atoms with Gasteiger partial charge in [0.05, 0.1) is 7.11 Å². The average molecular weight is 289 g/mol. The van der Waals surface area contributed by atoms with Crippen LogP contribution in [0.5, 0.6) is 5.75 Å². The molecule has 3 amide bonds. The number of hydrogen-bond acceptors (Lipinski definition) is 4. The molecule has 0 saturated carbocycles. The van der Waals surface area contributed by atoms with E-state index in [0.717, 1.165) is 24.3 Å². The van der Waals surface area contributed by atoms with Gasteiger partial charge in [-0.25, -0.2) is 4.79 Å². The molecule has 0 bridgehead atoms. The van der Waals surface area contributed by atoms with Gasteiger partial charge >= 0.3 is 6.03 Å². The van der Waals surface area contributed by atoms with E-state index < -0.39 is 11.9 Å². The van der Waals surface area contributed by atoms with E-state index in [1.54, 1.807) is 13.2 Å². The minimum Gasteiger partial charge on any atom is -0.496 e. The summed E-state index contributed by atoms with van der Waals surface area (Å²) in [6, 6.07) is 5.26. The van der Waals surface area contributed by atoms with E-state index in [1.165, 1.54) is 0 Å². The molecule has 0 unspecified atom stereocenters. The summed E-state index contributed by atoms with van der Waals surface area (Å²) in [5, 5.41) is 4.62. The molecule has 0 aliphatic carbocycles. The molecule has 1 aromatic rings. The van der Waals surface area contributed by atoms with Crippen molar-refractivity contribution in [1.29, 1.82) is 0 Å². The lowest BCUT2D eigenvalue weighted by atomic mass is 10.1. The fraction of sp³-hybridized carbons (Fsp3) is 0.333. The molecule has 1 aliphatic rings. The van der Waals surface area contributed by atoms with Crippen molar-refractivity contribution in [3.63, 3.8) is 0 Å². The summed E-state index contributed by atoms with van der Waals surface area (Å²) in [5.74, 6) is 0.218. The Bertz CT molecular complexity index is 592. The average Bonchev–Trinajstić information content (AvgIpc) is 2.79. The number of carbonyl (C=O) groups excluding carboxylic acids is 2. The second kappa shape index (κ2) is 6.30. The summed E-state index contributed by atoms with van der Waals surface area (Å²) in [7, 11) is 1.58. The Balaban J connectivity index is 2.35. The van der Waals surface area contributed by atoms with E-state index >= 15 is 0 Å². The van der Waals surface area contributed by atoms with Gasteiger partial charge in [0.1, 0.15) is 11.4 Å². The molecule has 0 spiro atoms. The molecule has 6 heteroatoms. The Morgan fingerprint density at radius 2 is 1.90 bits per heavy atom. The minimum atomic E-state index is -0.509. The molecule has 1 fully saturated rings. The molecular weight excluding hydrogens is 270 g/mol. The first-order valence-electron chi connectivity index (χ1n) is 6.86. The largest absolute Gasteiger partial charge is 0.496 e. The summed E-state index contributed by atoms with van der Waals surface area (Å²) in [5.41, 5.74) is 2.01. The topological polar surface area (TPSA) is 70.7 Å². The van der Waals surface area contributed by atoms with Crippen LogP contribution in [-0.2, 0) is 4.79 Å². The van der Waals surface area contributed by atoms with E-state index in [9.17, 15) is 9.59 Å². The van der Waals surface area contributed by atoms with Crippen molar-refractivity contribution in [3.8, 4) is 5.75 Å². The zero-order valence-corrected chi connectivity index (χ0v) is 12.4. The van der Waals surface area contributed by atoms with Gasteiger partial charge in [-0.15, -0.1) is 0 Å². The molecule has 0 radical (unpaired) electrons. The molecule has 2 rings (SSSR count). The molecule has 21 heavy (non-hydrogen) atoms. The molecule has 2 N–H and O–H groups in total. The van der Waals surface area contributed by atoms with Crippen LogP contribution in [0.3, 0.4) is 0 Å². The van der Waals surface area contributed by atoms with E-state index in [2.05, 4.69) is 29.4 Å². The Morgan fingerprint density at radius 1 is 1.19 bits per heavy atom. The van der Waals surface area contributed by atoms with Crippen molar-refractivity contribution in [2.24, 2.45) is 0 Å². The number of anilines is 1. The van der Waals surface area contributed by atoms with Crippen molar-refractivity contribution in [2.45, 2.75) is 13.8 Å². The molecule has 6 nitrogen and oxygen atoms in total. The number of imide groups is 1. The molecule has 1 saturated heterocycles. The SMILES string of the molecule is CCN(CC)c1ccc(C=C2NC(=O)NC2=O)c(OC)c1. The van der Waals surface area contributed by atoms with Gasteiger partial charge in [-0.3, -0.25) is 10.1 Å². The van der Waals surface area contributed by atoms with E-state index in [-0.39, 0.29) is 5.70 Å². The third-order valence-corrected chi connectivity index (χ3v) is 3.37. The summed E-state index contributed by atoms with van der Waals surface area (Å²) >= 11 is 0. The Labute approximate surface area is 123 Å². The molecule has 112 valence electrons. The maximum atomic E-state index is 11.5. The maximum Gasteiger partial charge on any atom is 0.326 e. The van der Waals surface area contributed by atoms with Crippen molar-refractivity contribution in [2.75, 3.05) is 25.1 Å². The van der Waals surface area contributed by atoms with Gasteiger partial charge in [0, 0.05) is 30.4 Å². The highest BCUT2D eigenvalue weighted by Gasteiger charge is 2.23. The summed E-state index contributed by atoms with van der Waals surface area (Å²) < 4.78 is 5.38. The van der Waals surface area contributed by atoms with Crippen LogP contribution < -0.4 is 20.3 Å². The van der Waals surface area contributed by atoms with Crippen molar-refractivity contribution >= 4 is 23.7 Å². The van der Waals surface area contributed by atoms with Crippen LogP contribution in [-0.4, -0.2) is 32.1 Å². The Hall–Kier alpha value is -2.50. The maximum absolute atomic E-state index is 11.5. The van der Waals surface area contributed by atoms with Crippen LogP contribution >= 0.6 is 0 Å². The number of nitrogens with one attached hydrogen (secondary N) is 2. The fourth-order valence-electron chi connectivity index (χ4n) is 2.24. The molecular formula is C15H19N3O3. The minimum absolute atomic E-state index is 0.217. The predicted molar refractivity (Wildman–Crippen MR) is 81.2 cm³/mol. The normalized spacial score (nSPS) is 15.9. The van der Waals surface area contributed by atoms with E-state index in [4.69, 9.17) is 4.74 Å². The first-order chi connectivity index (χ1) is 10.1. The van der Waals surface area contributed by atoms with E-state index in [1.807, 2.05) is 18.2 Å². The summed E-state index contributed by atoms with van der Waals surface area (Å²) in [4.78, 5) is 24.9. The van der Waals surface area contributed by atoms with Crippen molar-refractivity contribution < 1.29 is 14.3 Å². The lowest BCUT2D eigenvalue weighted by Crippen LogP contribution is -2.22. The number of benzene rings is 1. The second-order valence-corrected chi connectivity index (χ2v) is 4.56. The van der Waals surface area contributed by atoms with Crippen LogP contribution in [0.15, 0.2) is 23.9 Å². The first kappa shape index (κ1) is 14.9. The first-order valence-corrected chi connectivity index (χ1v) is 6.86. The number of ether oxygens (including phenoxy) is 1. The van der Waals surface area contributed by atoms with Gasteiger partial charge in [-0.05, 0) is 32.1 Å². The monoisotopic (exact) mass is 289 g/mol. The quantitative estimate of drug-likeness (QED) is 0.639. The second-order valence-electron chi connectivity index (χ2n) is 4.56. The fourth-order valence-corrected chi connectivity index (χ4v) is 2.24. The van der Waals surface area contributed by atoms with Gasteiger partial charge in [-0.1, -0.05) is 0 Å². The van der Waals surface area contributed by atoms with Gasteiger partial charge in [0.25, 0.3) is 5.91 Å². The Morgan fingerprint density at radius 3 is 2.43 bits per heavy atom. The number of carbonyl (C=O) groups is 2. The smallest absolute Gasteiger partial charge is 0.326 e. The number of amides is 3. The molecule has 1 aromatic carbocycles. The zero-order valence-electron chi connectivity index (χ0n) is 12.4. The van der Waals surface area contributed by atoms with Gasteiger partial charge in [0.2, 0.25) is 0 Å². The van der Waals surface area contributed by atoms with Crippen LogP contribution in [0.25, 0.3) is 6.08 Å². The zero-order chi connectivity index (χ0) is 15.4. The highest BCUT2D eigenvalue weighted by Crippen LogP contribution is 2.27. The molecule has 0 aromatic heterocycles. The molecule has 1 aliphatic heterocycles. The van der Waals surface area contributed by atoms with Gasteiger partial charge < -0.3 is 15.0 Å². The van der Waals surface area contributed by atoms with Crippen LogP contribution in [0.1, 0.15) is 19.4 Å². The highest BCUT2D eigenvalue weighted by atomic mass is 16.5. The van der Waals surface area contributed by atoms with Gasteiger partial charge in [0.15, 0.2) is 0 Å². The van der Waals surface area contributed by atoms with Crippen LogP contribution in [0, 0.1) is 0 Å². The van der Waals surface area contributed by atoms with Crippen LogP contribution in [0.4, 0.5) is 10.5 Å². The standard InChI is InChI=1S/C15H19N3O3/c1-4-18(5-2)11-7-6-10(13(9-11)21-3)8-12-14(19)17-15(20)16-12/h6-9H,4-5H2,1-3H3,(H2,16,17,19,20). The third kappa shape index (κ3) is 3.16. The number of nitrogens with zero attached hydrogens (tertiary/aromatic N) is 1. The molecule has 1 heterocycles. The van der Waals surface area contributed by atoms with Gasteiger partial charge in [-0.2, -0.15) is 0 Å². The number of rotatable bonds is 5. The Kier molecular flexibility index (Phi) is 4.47. The third-order valence-electron chi connectivity index (χ3n) is 3.37. The number of urea groups is 1. The van der Waals surface area contributed by atoms with Crippen molar-refractivity contribution in [1.82, 2.24) is 10.6 Å². The lowest BCUT2D eigenvalue weighted by molar-refractivity contribution is -0.115. The summed E-state index contributed by atoms with van der Waals surface area (Å²) in [6.07, 6.45) is 1.60. The highest BCUT2D eigenvalue weighted by molar-refractivity contribution is 6.14. The number of methoxy groups -OCH3 is 1. The summed E-state index contributed by atoms with van der Waals surface area (Å²) in [6.45, 7) is 5.98. The van der Waals surface area contributed by atoms with E-state index in [0.29, 0.717) is 5.75 Å². The van der Waals surface area contributed by atoms with Crippen LogP contribution in [0.2, 0.25) is 0 Å². The molecule has 0 atom stereocenters. The predicted octanol–water partition coefficient (Wildman–Crippen LogP) is 1.72.